The van der Waals surface area contributed by atoms with Crippen LogP contribution in [0.2, 0.25) is 0 Å². The van der Waals surface area contributed by atoms with Gasteiger partial charge < -0.3 is 4.90 Å². The van der Waals surface area contributed by atoms with Crippen LogP contribution in [-0.2, 0) is 0 Å². The van der Waals surface area contributed by atoms with Crippen LogP contribution in [0.15, 0.2) is 79.0 Å². The third-order valence-corrected chi connectivity index (χ3v) is 4.92. The van der Waals surface area contributed by atoms with Crippen molar-refractivity contribution in [3.63, 3.8) is 0 Å². The molecule has 1 aliphatic heterocycles. The molecule has 1 aliphatic rings. The maximum Gasteiger partial charge on any atom is 0.137 e. The molecule has 24 heavy (non-hydrogen) atoms. The molecule has 119 valence electrons. The summed E-state index contributed by atoms with van der Waals surface area (Å²) in [5.74, 6) is 1.55. The van der Waals surface area contributed by atoms with Gasteiger partial charge >= 0.3 is 0 Å². The number of nitrogens with zero attached hydrogens (tertiary/aromatic N) is 2. The number of hydrogen-bond donors (Lipinski definition) is 0. The number of piperidine rings is 1. The summed E-state index contributed by atoms with van der Waals surface area (Å²) in [4.78, 5) is 6.96. The molecule has 2 heteroatoms. The van der Waals surface area contributed by atoms with Crippen molar-refractivity contribution in [2.24, 2.45) is 0 Å². The maximum absolute atomic E-state index is 4.55. The van der Waals surface area contributed by atoms with Crippen LogP contribution in [0.1, 0.15) is 35.9 Å². The molecule has 1 fully saturated rings. The fourth-order valence-corrected chi connectivity index (χ4v) is 3.71. The summed E-state index contributed by atoms with van der Waals surface area (Å²) in [6.45, 7) is 1.01. The van der Waals surface area contributed by atoms with E-state index >= 15 is 0 Å². The Morgan fingerprint density at radius 1 is 0.875 bits per heavy atom. The summed E-state index contributed by atoms with van der Waals surface area (Å²) in [5.41, 5.74) is 2.81. The summed E-state index contributed by atoms with van der Waals surface area (Å²) >= 11 is 0. The minimum Gasteiger partial charge on any atom is -0.349 e. The van der Waals surface area contributed by atoms with Crippen LogP contribution in [0.3, 0.4) is 0 Å². The van der Waals surface area contributed by atoms with Crippen LogP contribution in [0, 0.1) is 6.07 Å². The highest BCUT2D eigenvalue weighted by atomic mass is 15.2. The van der Waals surface area contributed by atoms with Crippen molar-refractivity contribution >= 4 is 5.82 Å². The van der Waals surface area contributed by atoms with Gasteiger partial charge in [0.1, 0.15) is 5.82 Å². The molecule has 0 bridgehead atoms. The van der Waals surface area contributed by atoms with Gasteiger partial charge in [-0.2, -0.15) is 0 Å². The molecule has 2 heterocycles. The molecule has 0 aliphatic carbocycles. The summed E-state index contributed by atoms with van der Waals surface area (Å²) in [7, 11) is 0. The maximum atomic E-state index is 4.55. The predicted molar refractivity (Wildman–Crippen MR) is 98.0 cm³/mol. The van der Waals surface area contributed by atoms with Crippen molar-refractivity contribution in [2.45, 2.75) is 24.8 Å². The highest BCUT2D eigenvalue weighted by Gasteiger charge is 2.31. The topological polar surface area (TPSA) is 16.1 Å². The Hall–Kier alpha value is -2.61. The van der Waals surface area contributed by atoms with E-state index in [1.165, 1.54) is 11.1 Å². The summed E-state index contributed by atoms with van der Waals surface area (Å²) in [6.07, 6.45) is 4.12. The Kier molecular flexibility index (Phi) is 4.28. The Bertz CT molecular complexity index is 756. The molecule has 4 rings (SSSR count). The predicted octanol–water partition coefficient (Wildman–Crippen LogP) is 5.01. The molecule has 1 saturated heterocycles. The number of anilines is 1. The smallest absolute Gasteiger partial charge is 0.137 e. The lowest BCUT2D eigenvalue weighted by Gasteiger charge is -2.40. The van der Waals surface area contributed by atoms with Gasteiger partial charge in [0.15, 0.2) is 0 Å². The van der Waals surface area contributed by atoms with Crippen molar-refractivity contribution < 1.29 is 0 Å². The molecule has 1 aromatic heterocycles. The first-order valence-corrected chi connectivity index (χ1v) is 8.61. The molecular formula is C22H21N2. The number of hydrogen-bond acceptors (Lipinski definition) is 2. The second-order valence-electron chi connectivity index (χ2n) is 6.36. The van der Waals surface area contributed by atoms with Crippen LogP contribution in [0.25, 0.3) is 0 Å². The van der Waals surface area contributed by atoms with E-state index in [2.05, 4.69) is 76.6 Å². The fourth-order valence-electron chi connectivity index (χ4n) is 3.71. The van der Waals surface area contributed by atoms with Gasteiger partial charge in [-0.3, -0.25) is 0 Å². The Morgan fingerprint density at radius 3 is 2.25 bits per heavy atom. The van der Waals surface area contributed by atoms with Crippen molar-refractivity contribution in [3.05, 3.63) is 96.2 Å². The van der Waals surface area contributed by atoms with Gasteiger partial charge in [-0.05, 0) is 42.0 Å². The molecule has 3 aromatic rings. The Labute approximate surface area is 143 Å². The van der Waals surface area contributed by atoms with E-state index in [9.17, 15) is 0 Å². The Morgan fingerprint density at radius 2 is 1.58 bits per heavy atom. The molecule has 2 unspecified atom stereocenters. The number of benzene rings is 2. The molecule has 1 radical (unpaired) electrons. The van der Waals surface area contributed by atoms with Gasteiger partial charge in [0.05, 0.1) is 6.04 Å². The summed E-state index contributed by atoms with van der Waals surface area (Å²) < 4.78 is 0. The normalized spacial score (nSPS) is 20.8. The van der Waals surface area contributed by atoms with E-state index < -0.39 is 0 Å². The fraction of sp³-hybridized carbons (Fsp3) is 0.227. The van der Waals surface area contributed by atoms with Crippen molar-refractivity contribution in [1.82, 2.24) is 4.98 Å². The van der Waals surface area contributed by atoms with E-state index in [0.717, 1.165) is 25.2 Å². The van der Waals surface area contributed by atoms with E-state index in [0.29, 0.717) is 12.0 Å². The monoisotopic (exact) mass is 313 g/mol. The lowest BCUT2D eigenvalue weighted by Crippen LogP contribution is -2.36. The van der Waals surface area contributed by atoms with Crippen LogP contribution >= 0.6 is 0 Å². The Balaban J connectivity index is 1.67. The molecule has 0 amide bonds. The van der Waals surface area contributed by atoms with Gasteiger partial charge in [-0.1, -0.05) is 60.7 Å². The molecule has 0 N–H and O–H groups in total. The number of pyridine rings is 1. The van der Waals surface area contributed by atoms with Gasteiger partial charge in [0.2, 0.25) is 0 Å². The zero-order valence-corrected chi connectivity index (χ0v) is 13.7. The minimum absolute atomic E-state index is 0.344. The zero-order chi connectivity index (χ0) is 16.2. The van der Waals surface area contributed by atoms with E-state index in [1.54, 1.807) is 0 Å². The van der Waals surface area contributed by atoms with Crippen molar-refractivity contribution in [1.29, 1.82) is 0 Å². The first-order chi connectivity index (χ1) is 11.9. The van der Waals surface area contributed by atoms with Crippen LogP contribution in [-0.4, -0.2) is 11.5 Å². The SMILES string of the molecule is [c]1cccnc1N1CCC(c2ccccc2)CC1c1ccccc1. The molecule has 0 saturated carbocycles. The van der Waals surface area contributed by atoms with Crippen LogP contribution in [0.5, 0.6) is 0 Å². The molecule has 2 aromatic carbocycles. The van der Waals surface area contributed by atoms with Crippen LogP contribution in [0.4, 0.5) is 5.82 Å². The third-order valence-electron chi connectivity index (χ3n) is 4.92. The van der Waals surface area contributed by atoms with Gasteiger partial charge in [0.25, 0.3) is 0 Å². The van der Waals surface area contributed by atoms with Crippen molar-refractivity contribution in [3.8, 4) is 0 Å². The van der Waals surface area contributed by atoms with E-state index in [4.69, 9.17) is 0 Å². The molecule has 0 spiro atoms. The standard InChI is InChI=1S/C22H21N2/c1-3-9-18(10-4-1)20-14-16-24(22-13-7-8-15-23-22)21(17-20)19-11-5-2-6-12-19/h1-12,15,20-21H,14,16-17H2. The summed E-state index contributed by atoms with van der Waals surface area (Å²) in [5, 5.41) is 0. The average molecular weight is 313 g/mol. The van der Waals surface area contributed by atoms with Gasteiger partial charge in [0, 0.05) is 18.8 Å². The lowest BCUT2D eigenvalue weighted by atomic mass is 9.83. The number of aromatic nitrogens is 1. The molecule has 2 atom stereocenters. The zero-order valence-electron chi connectivity index (χ0n) is 13.7. The van der Waals surface area contributed by atoms with Gasteiger partial charge in [-0.15, -0.1) is 0 Å². The second-order valence-corrected chi connectivity index (χ2v) is 6.36. The first kappa shape index (κ1) is 14.9. The summed E-state index contributed by atoms with van der Waals surface area (Å²) in [6, 6.07) is 29.2. The quantitative estimate of drug-likeness (QED) is 0.676. The van der Waals surface area contributed by atoms with Gasteiger partial charge in [-0.25, -0.2) is 4.98 Å². The number of rotatable bonds is 3. The lowest BCUT2D eigenvalue weighted by molar-refractivity contribution is 0.418. The molecule has 2 nitrogen and oxygen atoms in total. The van der Waals surface area contributed by atoms with E-state index in [-0.39, 0.29) is 0 Å². The largest absolute Gasteiger partial charge is 0.349 e. The second kappa shape index (κ2) is 6.88. The highest BCUT2D eigenvalue weighted by molar-refractivity contribution is 5.43. The average Bonchev–Trinajstić information content (AvgIpc) is 2.69. The third kappa shape index (κ3) is 3.05. The van der Waals surface area contributed by atoms with Crippen molar-refractivity contribution in [2.75, 3.05) is 11.4 Å². The first-order valence-electron chi connectivity index (χ1n) is 8.61. The molecular weight excluding hydrogens is 292 g/mol. The van der Waals surface area contributed by atoms with E-state index in [1.807, 2.05) is 18.3 Å². The van der Waals surface area contributed by atoms with Crippen LogP contribution < -0.4 is 4.90 Å². The highest BCUT2D eigenvalue weighted by Crippen LogP contribution is 2.40. The minimum atomic E-state index is 0.344.